The molecule has 1 aliphatic heterocycles. The third kappa shape index (κ3) is 2.38. The van der Waals surface area contributed by atoms with Gasteiger partial charge in [-0.3, -0.25) is 4.79 Å². The summed E-state index contributed by atoms with van der Waals surface area (Å²) in [7, 11) is 0. The van der Waals surface area contributed by atoms with Crippen molar-refractivity contribution in [1.82, 2.24) is 25.0 Å². The Kier molecular flexibility index (Phi) is 3.51. The second kappa shape index (κ2) is 5.07. The molecule has 0 unspecified atom stereocenters. The zero-order valence-corrected chi connectivity index (χ0v) is 9.52. The highest BCUT2D eigenvalue weighted by atomic mass is 16.2. The first kappa shape index (κ1) is 11.1. The highest BCUT2D eigenvalue weighted by Crippen LogP contribution is 2.04. The fraction of sp³-hybridized carbons (Fsp3) is 0.700. The summed E-state index contributed by atoms with van der Waals surface area (Å²) in [6, 6.07) is 0. The molecule has 1 aliphatic rings. The number of rotatable bonds is 4. The molecule has 1 aromatic heterocycles. The highest BCUT2D eigenvalue weighted by Gasteiger charge is 2.19. The van der Waals surface area contributed by atoms with Crippen molar-refractivity contribution in [3.63, 3.8) is 0 Å². The van der Waals surface area contributed by atoms with Crippen LogP contribution < -0.4 is 5.32 Å². The fourth-order valence-electron chi connectivity index (χ4n) is 1.79. The van der Waals surface area contributed by atoms with Crippen molar-refractivity contribution in [2.75, 3.05) is 19.6 Å². The van der Waals surface area contributed by atoms with Gasteiger partial charge in [0, 0.05) is 19.6 Å². The van der Waals surface area contributed by atoms with Gasteiger partial charge < -0.3 is 10.2 Å². The summed E-state index contributed by atoms with van der Waals surface area (Å²) in [5.41, 5.74) is 0. The summed E-state index contributed by atoms with van der Waals surface area (Å²) in [6.07, 6.45) is 2.57. The van der Waals surface area contributed by atoms with Crippen LogP contribution in [-0.4, -0.2) is 45.2 Å². The zero-order chi connectivity index (χ0) is 11.4. The van der Waals surface area contributed by atoms with Gasteiger partial charge in [0.25, 0.3) is 0 Å². The minimum Gasteiger partial charge on any atom is -0.333 e. The lowest BCUT2D eigenvalue weighted by molar-refractivity contribution is -0.132. The van der Waals surface area contributed by atoms with E-state index in [0.29, 0.717) is 13.1 Å². The quantitative estimate of drug-likeness (QED) is 0.756. The lowest BCUT2D eigenvalue weighted by atomic mass is 10.3. The van der Waals surface area contributed by atoms with E-state index in [1.807, 2.05) is 9.58 Å². The van der Waals surface area contributed by atoms with E-state index < -0.39 is 0 Å². The second-order valence-corrected chi connectivity index (χ2v) is 3.89. The highest BCUT2D eigenvalue weighted by molar-refractivity contribution is 5.78. The van der Waals surface area contributed by atoms with Crippen molar-refractivity contribution < 1.29 is 4.79 Å². The van der Waals surface area contributed by atoms with Crippen molar-refractivity contribution in [3.8, 4) is 0 Å². The summed E-state index contributed by atoms with van der Waals surface area (Å²) >= 11 is 0. The number of piperazine rings is 1. The van der Waals surface area contributed by atoms with E-state index in [9.17, 15) is 4.79 Å². The van der Waals surface area contributed by atoms with Crippen LogP contribution in [0.3, 0.4) is 0 Å². The first-order valence-electron chi connectivity index (χ1n) is 5.66. The minimum absolute atomic E-state index is 0.136. The van der Waals surface area contributed by atoms with E-state index >= 15 is 0 Å². The van der Waals surface area contributed by atoms with Gasteiger partial charge in [0.2, 0.25) is 5.91 Å². The molecular weight excluding hydrogens is 206 g/mol. The molecule has 1 amide bonds. The van der Waals surface area contributed by atoms with Gasteiger partial charge in [0.05, 0.1) is 13.1 Å². The lowest BCUT2D eigenvalue weighted by Gasteiger charge is -2.26. The van der Waals surface area contributed by atoms with E-state index in [1.54, 1.807) is 6.33 Å². The van der Waals surface area contributed by atoms with Crippen LogP contribution in [0.15, 0.2) is 6.33 Å². The molecule has 1 N–H and O–H groups in total. The number of aryl methyl sites for hydroxylation is 1. The molecule has 0 atom stereocenters. The van der Waals surface area contributed by atoms with Crippen molar-refractivity contribution in [2.45, 2.75) is 26.4 Å². The molecule has 1 fully saturated rings. The van der Waals surface area contributed by atoms with Crippen LogP contribution in [0, 0.1) is 0 Å². The third-order valence-electron chi connectivity index (χ3n) is 2.65. The molecule has 2 rings (SSSR count). The van der Waals surface area contributed by atoms with Crippen molar-refractivity contribution in [3.05, 3.63) is 12.2 Å². The molecule has 0 radical (unpaired) electrons. The predicted octanol–water partition coefficient (Wildman–Crippen LogP) is -0.380. The predicted molar refractivity (Wildman–Crippen MR) is 58.6 cm³/mol. The lowest BCUT2D eigenvalue weighted by Crippen LogP contribution is -2.47. The van der Waals surface area contributed by atoms with E-state index in [0.717, 1.165) is 31.9 Å². The van der Waals surface area contributed by atoms with Gasteiger partial charge in [0.1, 0.15) is 12.2 Å². The van der Waals surface area contributed by atoms with Crippen LogP contribution >= 0.6 is 0 Å². The molecule has 0 spiro atoms. The minimum atomic E-state index is 0.136. The molecule has 6 nitrogen and oxygen atoms in total. The summed E-state index contributed by atoms with van der Waals surface area (Å²) in [4.78, 5) is 17.6. The van der Waals surface area contributed by atoms with Crippen molar-refractivity contribution in [2.24, 2.45) is 0 Å². The fourth-order valence-corrected chi connectivity index (χ4v) is 1.79. The van der Waals surface area contributed by atoms with Gasteiger partial charge in [-0.05, 0) is 6.42 Å². The van der Waals surface area contributed by atoms with Crippen LogP contribution in [0.5, 0.6) is 0 Å². The van der Waals surface area contributed by atoms with Crippen LogP contribution in [-0.2, 0) is 17.9 Å². The van der Waals surface area contributed by atoms with Gasteiger partial charge in [0.15, 0.2) is 0 Å². The number of carbonyl (C=O) groups is 1. The molecular formula is C10H17N5O. The molecule has 2 heterocycles. The number of carbonyl (C=O) groups excluding carboxylic acids is 1. The summed E-state index contributed by atoms with van der Waals surface area (Å²) in [5.74, 6) is 1.01. The third-order valence-corrected chi connectivity index (χ3v) is 2.65. The Morgan fingerprint density at radius 3 is 3.19 bits per heavy atom. The summed E-state index contributed by atoms with van der Waals surface area (Å²) in [5, 5.41) is 7.20. The molecule has 6 heteroatoms. The molecule has 0 saturated carbocycles. The maximum Gasteiger partial charge on any atom is 0.236 e. The summed E-state index contributed by atoms with van der Waals surface area (Å²) < 4.78 is 1.87. The van der Waals surface area contributed by atoms with E-state index in [-0.39, 0.29) is 5.91 Å². The van der Waals surface area contributed by atoms with E-state index in [1.165, 1.54) is 0 Å². The second-order valence-electron chi connectivity index (χ2n) is 3.89. The molecule has 1 saturated heterocycles. The Balaban J connectivity index is 2.01. The van der Waals surface area contributed by atoms with Gasteiger partial charge in [-0.25, -0.2) is 9.67 Å². The molecule has 16 heavy (non-hydrogen) atoms. The number of nitrogens with zero attached hydrogens (tertiary/aromatic N) is 4. The largest absolute Gasteiger partial charge is 0.333 e. The molecule has 0 aromatic carbocycles. The van der Waals surface area contributed by atoms with Gasteiger partial charge in [-0.1, -0.05) is 6.92 Å². The Labute approximate surface area is 94.6 Å². The zero-order valence-electron chi connectivity index (χ0n) is 9.52. The summed E-state index contributed by atoms with van der Waals surface area (Å²) in [6.45, 7) is 5.56. The van der Waals surface area contributed by atoms with Crippen LogP contribution in [0.1, 0.15) is 19.2 Å². The molecule has 88 valence electrons. The SMILES string of the molecule is CCCn1ncnc1CN1CCNCC1=O. The maximum absolute atomic E-state index is 11.6. The number of amides is 1. The number of hydrogen-bond acceptors (Lipinski definition) is 4. The molecule has 0 aliphatic carbocycles. The number of nitrogens with one attached hydrogen (secondary N) is 1. The van der Waals surface area contributed by atoms with Crippen LogP contribution in [0.25, 0.3) is 0 Å². The topological polar surface area (TPSA) is 63.1 Å². The number of hydrogen-bond donors (Lipinski definition) is 1. The molecule has 0 bridgehead atoms. The van der Waals surface area contributed by atoms with Gasteiger partial charge >= 0.3 is 0 Å². The smallest absolute Gasteiger partial charge is 0.236 e. The van der Waals surface area contributed by atoms with Crippen LogP contribution in [0.2, 0.25) is 0 Å². The standard InChI is InChI=1S/C10H17N5O/c1-2-4-15-9(12-8-13-15)7-14-5-3-11-6-10(14)16/h8,11H,2-7H2,1H3. The van der Waals surface area contributed by atoms with Crippen LogP contribution in [0.4, 0.5) is 0 Å². The first-order valence-corrected chi connectivity index (χ1v) is 5.66. The Bertz CT molecular complexity index is 362. The average molecular weight is 223 g/mol. The maximum atomic E-state index is 11.6. The Morgan fingerprint density at radius 1 is 1.56 bits per heavy atom. The van der Waals surface area contributed by atoms with Gasteiger partial charge in [-0.15, -0.1) is 0 Å². The average Bonchev–Trinajstić information content (AvgIpc) is 2.70. The van der Waals surface area contributed by atoms with E-state index in [4.69, 9.17) is 0 Å². The Morgan fingerprint density at radius 2 is 2.44 bits per heavy atom. The Hall–Kier alpha value is -1.43. The first-order chi connectivity index (χ1) is 7.81. The van der Waals surface area contributed by atoms with E-state index in [2.05, 4.69) is 22.3 Å². The van der Waals surface area contributed by atoms with Crippen molar-refractivity contribution >= 4 is 5.91 Å². The van der Waals surface area contributed by atoms with Crippen molar-refractivity contribution in [1.29, 1.82) is 0 Å². The normalized spacial score (nSPS) is 16.8. The van der Waals surface area contributed by atoms with Gasteiger partial charge in [-0.2, -0.15) is 5.10 Å². The monoisotopic (exact) mass is 223 g/mol. The number of aromatic nitrogens is 3. The molecule has 1 aromatic rings.